The molecule has 2 rings (SSSR count). The molecule has 1 aliphatic rings. The molecule has 0 radical (unpaired) electrons. The molecule has 0 unspecified atom stereocenters. The maximum atomic E-state index is 9.55. The highest BCUT2D eigenvalue weighted by Gasteiger charge is 2.09. The Morgan fingerprint density at radius 1 is 1.00 bits per heavy atom. The number of piperidine rings is 1. The van der Waals surface area contributed by atoms with Crippen LogP contribution in [-0.4, -0.2) is 59.0 Å². The molecule has 0 aliphatic carbocycles. The highest BCUT2D eigenvalue weighted by molar-refractivity contribution is 6.30. The van der Waals surface area contributed by atoms with Crippen LogP contribution in [0.3, 0.4) is 0 Å². The topological polar surface area (TPSA) is 99.4 Å². The highest BCUT2D eigenvalue weighted by atomic mass is 35.5. The molecule has 188 valence electrons. The van der Waals surface area contributed by atoms with Crippen LogP contribution in [-0.2, 0) is 14.4 Å². The van der Waals surface area contributed by atoms with Gasteiger partial charge in [-0.15, -0.1) is 0 Å². The number of carboxylic acid groups (broad SMARTS) is 2. The molecule has 0 atom stereocenters. The first-order chi connectivity index (χ1) is 16.4. The van der Waals surface area contributed by atoms with Gasteiger partial charge in [-0.3, -0.25) is 4.90 Å². The molecular weight excluding hydrogens is 456 g/mol. The standard InChI is InChI=1S/C22H33ClN2O.C4H4O4/c1-2-3-4-6-9-22(15-12-20-10-13-21(23)14-11-20)24-26-19-18-25-16-7-5-8-17-25;5-3(6)1-2-4(7)8/h10-15H,2-9,16-19H2,1H3;1-2H,(H,5,6)(H,7,8)/b15-12+,24-22+;2-1+. The summed E-state index contributed by atoms with van der Waals surface area (Å²) in [7, 11) is 0. The number of halogens is 1. The van der Waals surface area contributed by atoms with E-state index in [1.54, 1.807) is 0 Å². The monoisotopic (exact) mass is 492 g/mol. The second-order valence-electron chi connectivity index (χ2n) is 8.02. The van der Waals surface area contributed by atoms with Crippen molar-refractivity contribution in [3.8, 4) is 0 Å². The number of likely N-dealkylation sites (tertiary alicyclic amines) is 1. The first-order valence-corrected chi connectivity index (χ1v) is 12.3. The van der Waals surface area contributed by atoms with Gasteiger partial charge in [-0.1, -0.05) is 67.6 Å². The predicted octanol–water partition coefficient (Wildman–Crippen LogP) is 5.89. The van der Waals surface area contributed by atoms with Gasteiger partial charge in [0.05, 0.1) is 5.71 Å². The zero-order valence-corrected chi connectivity index (χ0v) is 20.8. The number of hydrogen-bond acceptors (Lipinski definition) is 5. The molecule has 0 saturated carbocycles. The third kappa shape index (κ3) is 16.0. The van der Waals surface area contributed by atoms with Gasteiger partial charge in [0.15, 0.2) is 0 Å². The molecule has 1 fully saturated rings. The van der Waals surface area contributed by atoms with E-state index in [0.717, 1.165) is 35.7 Å². The number of carboxylic acids is 2. The highest BCUT2D eigenvalue weighted by Crippen LogP contribution is 2.12. The molecule has 1 heterocycles. The number of carbonyl (C=O) groups is 2. The lowest BCUT2D eigenvalue weighted by atomic mass is 10.1. The normalized spacial score (nSPS) is 14.7. The molecule has 1 aromatic rings. The summed E-state index contributed by atoms with van der Waals surface area (Å²) in [6.07, 6.45) is 15.2. The van der Waals surface area contributed by atoms with Crippen molar-refractivity contribution in [2.24, 2.45) is 5.16 Å². The fourth-order valence-corrected chi connectivity index (χ4v) is 3.41. The number of rotatable bonds is 13. The summed E-state index contributed by atoms with van der Waals surface area (Å²) in [5, 5.41) is 20.8. The van der Waals surface area contributed by atoms with Gasteiger partial charge in [-0.2, -0.15) is 0 Å². The SMILES string of the molecule is CCCCCCC(/C=C/c1ccc(Cl)cc1)=N\OCCN1CCCCC1.O=C(O)/C=C/C(=O)O. The van der Waals surface area contributed by atoms with E-state index in [0.29, 0.717) is 18.8 Å². The molecule has 2 N–H and O–H groups in total. The maximum Gasteiger partial charge on any atom is 0.328 e. The van der Waals surface area contributed by atoms with E-state index in [9.17, 15) is 9.59 Å². The predicted molar refractivity (Wildman–Crippen MR) is 137 cm³/mol. The summed E-state index contributed by atoms with van der Waals surface area (Å²) >= 11 is 5.95. The lowest BCUT2D eigenvalue weighted by molar-refractivity contribution is -0.134. The van der Waals surface area contributed by atoms with Crippen molar-refractivity contribution in [3.63, 3.8) is 0 Å². The van der Waals surface area contributed by atoms with Crippen molar-refractivity contribution in [3.05, 3.63) is 53.1 Å². The van der Waals surface area contributed by atoms with Gasteiger partial charge in [-0.25, -0.2) is 9.59 Å². The van der Waals surface area contributed by atoms with Crippen molar-refractivity contribution in [1.29, 1.82) is 0 Å². The van der Waals surface area contributed by atoms with Crippen LogP contribution in [0.5, 0.6) is 0 Å². The summed E-state index contributed by atoms with van der Waals surface area (Å²) in [5.74, 6) is -2.51. The summed E-state index contributed by atoms with van der Waals surface area (Å²) < 4.78 is 0. The number of benzene rings is 1. The minimum absolute atomic E-state index is 0.558. The van der Waals surface area contributed by atoms with Gasteiger partial charge in [-0.05, 0) is 62.5 Å². The average molecular weight is 493 g/mol. The molecule has 8 heteroatoms. The molecule has 0 bridgehead atoms. The van der Waals surface area contributed by atoms with Crippen molar-refractivity contribution in [2.45, 2.75) is 58.3 Å². The zero-order chi connectivity index (χ0) is 25.0. The quantitative estimate of drug-likeness (QED) is 0.154. The lowest BCUT2D eigenvalue weighted by Gasteiger charge is -2.25. The summed E-state index contributed by atoms with van der Waals surface area (Å²) in [6.45, 7) is 6.29. The molecule has 1 saturated heterocycles. The van der Waals surface area contributed by atoms with Crippen molar-refractivity contribution >= 4 is 35.3 Å². The minimum atomic E-state index is -1.26. The Labute approximate surface area is 207 Å². The number of oxime groups is 1. The van der Waals surface area contributed by atoms with Crippen LogP contribution in [0.4, 0.5) is 0 Å². The van der Waals surface area contributed by atoms with Gasteiger partial charge in [0.25, 0.3) is 0 Å². The van der Waals surface area contributed by atoms with E-state index in [2.05, 4.69) is 29.1 Å². The van der Waals surface area contributed by atoms with Crippen LogP contribution in [0.15, 0.2) is 47.6 Å². The Morgan fingerprint density at radius 2 is 1.65 bits per heavy atom. The number of unbranched alkanes of at least 4 members (excludes halogenated alkanes) is 3. The molecule has 0 amide bonds. The molecule has 7 nitrogen and oxygen atoms in total. The van der Waals surface area contributed by atoms with Crippen LogP contribution in [0, 0.1) is 0 Å². The summed E-state index contributed by atoms with van der Waals surface area (Å²) in [5.41, 5.74) is 2.15. The van der Waals surface area contributed by atoms with Crippen LogP contribution < -0.4 is 0 Å². The van der Waals surface area contributed by atoms with Gasteiger partial charge in [0.1, 0.15) is 6.61 Å². The van der Waals surface area contributed by atoms with Crippen LogP contribution in [0.1, 0.15) is 63.9 Å². The maximum absolute atomic E-state index is 9.55. The Balaban J connectivity index is 0.000000620. The van der Waals surface area contributed by atoms with E-state index in [-0.39, 0.29) is 0 Å². The molecule has 0 spiro atoms. The van der Waals surface area contributed by atoms with Gasteiger partial charge < -0.3 is 15.1 Å². The first kappa shape index (κ1) is 29.4. The molecular formula is C26H37ClN2O5. The summed E-state index contributed by atoms with van der Waals surface area (Å²) in [4.78, 5) is 27.2. The largest absolute Gasteiger partial charge is 0.478 e. The minimum Gasteiger partial charge on any atom is -0.478 e. The molecule has 34 heavy (non-hydrogen) atoms. The second-order valence-corrected chi connectivity index (χ2v) is 8.46. The molecule has 1 aliphatic heterocycles. The van der Waals surface area contributed by atoms with Crippen molar-refractivity contribution in [1.82, 2.24) is 4.90 Å². The smallest absolute Gasteiger partial charge is 0.328 e. The zero-order valence-electron chi connectivity index (χ0n) is 20.0. The molecule has 1 aromatic carbocycles. The number of hydrogen-bond donors (Lipinski definition) is 2. The Kier molecular flexibility index (Phi) is 16.2. The van der Waals surface area contributed by atoms with E-state index in [4.69, 9.17) is 26.7 Å². The summed E-state index contributed by atoms with van der Waals surface area (Å²) in [6, 6.07) is 7.86. The van der Waals surface area contributed by atoms with Gasteiger partial charge in [0, 0.05) is 23.7 Å². The second kappa shape index (κ2) is 18.7. The molecule has 0 aromatic heterocycles. The van der Waals surface area contributed by atoms with E-state index >= 15 is 0 Å². The van der Waals surface area contributed by atoms with Crippen molar-refractivity contribution < 1.29 is 24.6 Å². The van der Waals surface area contributed by atoms with E-state index < -0.39 is 11.9 Å². The Morgan fingerprint density at radius 3 is 2.24 bits per heavy atom. The van der Waals surface area contributed by atoms with Crippen LogP contribution in [0.25, 0.3) is 6.08 Å². The first-order valence-electron chi connectivity index (χ1n) is 11.9. The third-order valence-corrected chi connectivity index (χ3v) is 5.37. The number of allylic oxidation sites excluding steroid dienone is 1. The van der Waals surface area contributed by atoms with Crippen LogP contribution >= 0.6 is 11.6 Å². The average Bonchev–Trinajstić information content (AvgIpc) is 2.83. The Bertz CT molecular complexity index is 784. The van der Waals surface area contributed by atoms with E-state index in [1.165, 1.54) is 51.6 Å². The van der Waals surface area contributed by atoms with Gasteiger partial charge >= 0.3 is 11.9 Å². The third-order valence-electron chi connectivity index (χ3n) is 5.12. The number of aliphatic carboxylic acids is 2. The number of nitrogens with zero attached hydrogens (tertiary/aromatic N) is 2. The Hall–Kier alpha value is -2.64. The van der Waals surface area contributed by atoms with E-state index in [1.807, 2.05) is 24.3 Å². The van der Waals surface area contributed by atoms with Gasteiger partial charge in [0.2, 0.25) is 0 Å². The fraction of sp³-hybridized carbons (Fsp3) is 0.500. The lowest BCUT2D eigenvalue weighted by Crippen LogP contribution is -2.32. The fourth-order valence-electron chi connectivity index (χ4n) is 3.28. The van der Waals surface area contributed by atoms with Crippen molar-refractivity contribution in [2.75, 3.05) is 26.2 Å². The van der Waals surface area contributed by atoms with Crippen LogP contribution in [0.2, 0.25) is 5.02 Å².